The number of benzene rings is 1. The van der Waals surface area contributed by atoms with E-state index in [9.17, 15) is 4.79 Å². The first-order valence-electron chi connectivity index (χ1n) is 9.21. The third-order valence-electron chi connectivity index (χ3n) is 6.83. The van der Waals surface area contributed by atoms with Crippen molar-refractivity contribution in [2.24, 2.45) is 11.3 Å². The second-order valence-corrected chi connectivity index (χ2v) is 7.88. The van der Waals surface area contributed by atoms with E-state index in [1.807, 2.05) is 12.1 Å². The Morgan fingerprint density at radius 2 is 2.25 bits per heavy atom. The van der Waals surface area contributed by atoms with E-state index in [0.717, 1.165) is 31.7 Å². The van der Waals surface area contributed by atoms with Crippen molar-refractivity contribution >= 4 is 17.4 Å². The molecule has 128 valence electrons. The number of anilines is 2. The predicted molar refractivity (Wildman–Crippen MR) is 93.5 cm³/mol. The first-order valence-corrected chi connectivity index (χ1v) is 9.21. The van der Waals surface area contributed by atoms with Crippen molar-refractivity contribution in [3.8, 4) is 0 Å². The molecule has 2 N–H and O–H groups in total. The molecule has 2 aliphatic heterocycles. The van der Waals surface area contributed by atoms with E-state index in [4.69, 9.17) is 4.74 Å². The van der Waals surface area contributed by atoms with Gasteiger partial charge in [-0.1, -0.05) is 12.5 Å². The highest BCUT2D eigenvalue weighted by Gasteiger charge is 2.67. The number of nitrogens with zero attached hydrogens (tertiary/aromatic N) is 1. The van der Waals surface area contributed by atoms with Gasteiger partial charge in [0, 0.05) is 54.5 Å². The predicted octanol–water partition coefficient (Wildman–Crippen LogP) is 2.76. The zero-order valence-corrected chi connectivity index (χ0v) is 14.2. The third kappa shape index (κ3) is 1.88. The molecule has 3 unspecified atom stereocenters. The minimum Gasteiger partial charge on any atom is -0.377 e. The number of hydrogen-bond acceptors (Lipinski definition) is 3. The summed E-state index contributed by atoms with van der Waals surface area (Å²) in [7, 11) is 2.10. The number of ether oxygens (including phenoxy) is 1. The number of likely N-dealkylation sites (N-methyl/N-ethyl adjacent to an activating group) is 1. The van der Waals surface area contributed by atoms with Crippen LogP contribution in [0.5, 0.6) is 0 Å². The van der Waals surface area contributed by atoms with Crippen molar-refractivity contribution in [3.63, 3.8) is 0 Å². The van der Waals surface area contributed by atoms with E-state index in [-0.39, 0.29) is 17.5 Å². The van der Waals surface area contributed by atoms with E-state index in [2.05, 4.69) is 28.6 Å². The third-order valence-corrected chi connectivity index (χ3v) is 6.83. The lowest BCUT2D eigenvalue weighted by Gasteiger charge is -2.63. The molecule has 2 aliphatic carbocycles. The van der Waals surface area contributed by atoms with Gasteiger partial charge in [-0.15, -0.1) is 0 Å². The molecule has 0 bridgehead atoms. The summed E-state index contributed by atoms with van der Waals surface area (Å²) >= 11 is 0. The highest BCUT2D eigenvalue weighted by atomic mass is 16.5. The smallest absolute Gasteiger partial charge is 0.319 e. The molecule has 2 amide bonds. The first kappa shape index (κ1) is 14.6. The zero-order valence-electron chi connectivity index (χ0n) is 14.2. The number of amides is 2. The van der Waals surface area contributed by atoms with E-state index < -0.39 is 0 Å². The molecule has 5 rings (SSSR count). The average molecular weight is 327 g/mol. The van der Waals surface area contributed by atoms with Crippen LogP contribution in [0.25, 0.3) is 0 Å². The van der Waals surface area contributed by atoms with Gasteiger partial charge in [0.25, 0.3) is 0 Å². The number of nitrogens with one attached hydrogen (secondary N) is 2. The molecule has 1 saturated heterocycles. The molecule has 5 nitrogen and oxygen atoms in total. The van der Waals surface area contributed by atoms with Crippen LogP contribution in [0.2, 0.25) is 0 Å². The fourth-order valence-electron chi connectivity index (χ4n) is 5.47. The summed E-state index contributed by atoms with van der Waals surface area (Å²) in [4.78, 5) is 14.9. The molecule has 0 radical (unpaired) electrons. The lowest BCUT2D eigenvalue weighted by molar-refractivity contribution is -0.171. The number of hydrogen-bond donors (Lipinski definition) is 2. The molecule has 1 aromatic rings. The minimum atomic E-state index is -0.0559. The monoisotopic (exact) mass is 327 g/mol. The largest absolute Gasteiger partial charge is 0.377 e. The van der Waals surface area contributed by atoms with E-state index in [1.54, 1.807) is 0 Å². The van der Waals surface area contributed by atoms with Gasteiger partial charge in [-0.2, -0.15) is 0 Å². The van der Waals surface area contributed by atoms with Crippen LogP contribution in [0, 0.1) is 11.3 Å². The number of fused-ring (bicyclic) bond motifs is 3. The van der Waals surface area contributed by atoms with Gasteiger partial charge in [0.15, 0.2) is 0 Å². The van der Waals surface area contributed by atoms with Gasteiger partial charge in [-0.25, -0.2) is 4.79 Å². The number of rotatable bonds is 2. The maximum atomic E-state index is 12.6. The Morgan fingerprint density at radius 3 is 3.04 bits per heavy atom. The van der Waals surface area contributed by atoms with E-state index >= 15 is 0 Å². The molecule has 5 heteroatoms. The lowest BCUT2D eigenvalue weighted by Crippen LogP contribution is -2.72. The van der Waals surface area contributed by atoms with Gasteiger partial charge in [0.05, 0.1) is 6.10 Å². The minimum absolute atomic E-state index is 0.0559. The van der Waals surface area contributed by atoms with Crippen molar-refractivity contribution in [2.45, 2.75) is 44.2 Å². The Balaban J connectivity index is 1.30. The molecule has 1 aromatic carbocycles. The molecule has 2 saturated carbocycles. The summed E-state index contributed by atoms with van der Waals surface area (Å²) < 4.78 is 5.93. The van der Waals surface area contributed by atoms with Gasteiger partial charge in [-0.05, 0) is 37.8 Å². The van der Waals surface area contributed by atoms with Crippen molar-refractivity contribution in [3.05, 3.63) is 23.8 Å². The van der Waals surface area contributed by atoms with Crippen molar-refractivity contribution in [2.75, 3.05) is 30.4 Å². The summed E-state index contributed by atoms with van der Waals surface area (Å²) in [5.74, 6) is 0.517. The fourth-order valence-corrected chi connectivity index (χ4v) is 5.47. The van der Waals surface area contributed by atoms with Crippen LogP contribution in [-0.4, -0.2) is 38.4 Å². The Labute approximate surface area is 142 Å². The molecule has 3 fully saturated rings. The van der Waals surface area contributed by atoms with Crippen molar-refractivity contribution in [1.29, 1.82) is 0 Å². The molecule has 1 spiro atoms. The van der Waals surface area contributed by atoms with Crippen LogP contribution >= 0.6 is 0 Å². The average Bonchev–Trinajstić information content (AvgIpc) is 3.10. The van der Waals surface area contributed by atoms with Crippen molar-refractivity contribution in [1.82, 2.24) is 5.32 Å². The Kier molecular flexibility index (Phi) is 3.11. The normalized spacial score (nSPS) is 31.9. The fraction of sp³-hybridized carbons (Fsp3) is 0.632. The molecule has 3 atom stereocenters. The summed E-state index contributed by atoms with van der Waals surface area (Å²) in [5.41, 5.74) is 3.67. The first-order chi connectivity index (χ1) is 11.7. The number of urea groups is 1. The highest BCUT2D eigenvalue weighted by Crippen LogP contribution is 2.62. The van der Waals surface area contributed by atoms with E-state index in [1.165, 1.54) is 30.5 Å². The zero-order chi connectivity index (χ0) is 16.3. The quantitative estimate of drug-likeness (QED) is 0.878. The van der Waals surface area contributed by atoms with Crippen LogP contribution in [-0.2, 0) is 11.2 Å². The van der Waals surface area contributed by atoms with Gasteiger partial charge in [-0.3, -0.25) is 0 Å². The summed E-state index contributed by atoms with van der Waals surface area (Å²) in [6.45, 7) is 1.87. The second kappa shape index (κ2) is 5.12. The Hall–Kier alpha value is -1.75. The van der Waals surface area contributed by atoms with E-state index in [0.29, 0.717) is 12.0 Å². The number of carbonyl (C=O) groups excluding carboxylic acids is 1. The SMILES string of the molecule is CN1CCc2c(NC(=O)NC3C4CCOC4C34CCC4)cccc21. The molecule has 4 aliphatic rings. The molecule has 24 heavy (non-hydrogen) atoms. The molecule has 0 aromatic heterocycles. The molecule has 2 heterocycles. The topological polar surface area (TPSA) is 53.6 Å². The van der Waals surface area contributed by atoms with Gasteiger partial charge in [0.2, 0.25) is 0 Å². The maximum absolute atomic E-state index is 12.6. The van der Waals surface area contributed by atoms with Crippen molar-refractivity contribution < 1.29 is 9.53 Å². The van der Waals surface area contributed by atoms with Crippen LogP contribution in [0.3, 0.4) is 0 Å². The molecular weight excluding hydrogens is 302 g/mol. The standard InChI is InChI=1S/C19H25N3O2/c1-22-10-6-12-14(4-2-5-15(12)22)20-18(23)21-16-13-7-11-24-17(13)19(16)8-3-9-19/h2,4-5,13,16-17H,3,6-11H2,1H3,(H2,20,21,23). The maximum Gasteiger partial charge on any atom is 0.319 e. The van der Waals surface area contributed by atoms with Gasteiger partial charge < -0.3 is 20.3 Å². The summed E-state index contributed by atoms with van der Waals surface area (Å²) in [6, 6.07) is 6.39. The van der Waals surface area contributed by atoms with Gasteiger partial charge >= 0.3 is 6.03 Å². The van der Waals surface area contributed by atoms with Crippen LogP contribution < -0.4 is 15.5 Å². The highest BCUT2D eigenvalue weighted by molar-refractivity contribution is 5.92. The lowest BCUT2D eigenvalue weighted by atomic mass is 9.46. The molecular formula is C19H25N3O2. The summed E-state index contributed by atoms with van der Waals surface area (Å²) in [6.07, 6.45) is 6.14. The van der Waals surface area contributed by atoms with Gasteiger partial charge in [0.1, 0.15) is 0 Å². The summed E-state index contributed by atoms with van der Waals surface area (Å²) in [5, 5.41) is 6.40. The van der Waals surface area contributed by atoms with Crippen LogP contribution in [0.15, 0.2) is 18.2 Å². The van der Waals surface area contributed by atoms with Crippen LogP contribution in [0.1, 0.15) is 31.2 Å². The van der Waals surface area contributed by atoms with Crippen LogP contribution in [0.4, 0.5) is 16.2 Å². The number of carbonyl (C=O) groups is 1. The Morgan fingerprint density at radius 1 is 1.38 bits per heavy atom. The second-order valence-electron chi connectivity index (χ2n) is 7.88. The Bertz CT molecular complexity index is 685.